The molecule has 0 radical (unpaired) electrons. The van der Waals surface area contributed by atoms with Gasteiger partial charge < -0.3 is 15.1 Å². The van der Waals surface area contributed by atoms with Crippen LogP contribution in [0.25, 0.3) is 6.08 Å². The summed E-state index contributed by atoms with van der Waals surface area (Å²) >= 11 is 1.27. The molecule has 0 spiro atoms. The summed E-state index contributed by atoms with van der Waals surface area (Å²) in [5, 5.41) is 17.8. The summed E-state index contributed by atoms with van der Waals surface area (Å²) in [6.45, 7) is 4.00. The molecule has 0 aliphatic heterocycles. The highest BCUT2D eigenvalue weighted by Crippen LogP contribution is 2.24. The number of aliphatic carboxylic acids is 1. The first kappa shape index (κ1) is 16.4. The van der Waals surface area contributed by atoms with E-state index in [2.05, 4.69) is 0 Å². The van der Waals surface area contributed by atoms with Gasteiger partial charge in [-0.1, -0.05) is 0 Å². The standard InChI is InChI=1S/C14H19NO4S/c1-9-8-12(20-11(9)4-5-13(17)18)14(19)15(3)7-6-10(2)16/h4-5,8,10,16H,6-7H2,1-3H3,(H,17,18)/b5-4+. The molecule has 1 aromatic rings. The molecule has 0 aliphatic carbocycles. The highest BCUT2D eigenvalue weighted by molar-refractivity contribution is 7.15. The van der Waals surface area contributed by atoms with Crippen LogP contribution >= 0.6 is 11.3 Å². The van der Waals surface area contributed by atoms with Gasteiger partial charge in [-0.05, 0) is 38.0 Å². The molecule has 1 heterocycles. The van der Waals surface area contributed by atoms with E-state index in [0.717, 1.165) is 16.5 Å². The maximum atomic E-state index is 12.2. The van der Waals surface area contributed by atoms with Crippen molar-refractivity contribution >= 4 is 29.3 Å². The summed E-state index contributed by atoms with van der Waals surface area (Å²) in [5.41, 5.74) is 0.875. The predicted octanol–water partition coefficient (Wildman–Crippen LogP) is 2.00. The van der Waals surface area contributed by atoms with E-state index >= 15 is 0 Å². The highest BCUT2D eigenvalue weighted by Gasteiger charge is 2.16. The van der Waals surface area contributed by atoms with Crippen LogP contribution < -0.4 is 0 Å². The minimum Gasteiger partial charge on any atom is -0.478 e. The van der Waals surface area contributed by atoms with E-state index in [1.807, 2.05) is 6.92 Å². The summed E-state index contributed by atoms with van der Waals surface area (Å²) in [6.07, 6.45) is 2.64. The number of amides is 1. The molecule has 0 fully saturated rings. The van der Waals surface area contributed by atoms with Gasteiger partial charge in [-0.3, -0.25) is 4.79 Å². The Balaban J connectivity index is 2.79. The Morgan fingerprint density at radius 1 is 1.50 bits per heavy atom. The van der Waals surface area contributed by atoms with E-state index in [1.54, 1.807) is 24.9 Å². The zero-order chi connectivity index (χ0) is 15.3. The minimum atomic E-state index is -1.01. The number of carboxylic acids is 1. The average Bonchev–Trinajstić information content (AvgIpc) is 2.73. The van der Waals surface area contributed by atoms with E-state index in [0.29, 0.717) is 17.8 Å². The van der Waals surface area contributed by atoms with Crippen molar-refractivity contribution in [3.63, 3.8) is 0 Å². The number of aryl methyl sites for hydroxylation is 1. The fraction of sp³-hybridized carbons (Fsp3) is 0.429. The zero-order valence-corrected chi connectivity index (χ0v) is 12.6. The van der Waals surface area contributed by atoms with E-state index in [4.69, 9.17) is 5.11 Å². The average molecular weight is 297 g/mol. The van der Waals surface area contributed by atoms with Crippen molar-refractivity contribution in [1.82, 2.24) is 4.90 Å². The van der Waals surface area contributed by atoms with Crippen molar-refractivity contribution in [2.24, 2.45) is 0 Å². The van der Waals surface area contributed by atoms with Crippen LogP contribution in [0.2, 0.25) is 0 Å². The second-order valence-electron chi connectivity index (χ2n) is 4.69. The lowest BCUT2D eigenvalue weighted by molar-refractivity contribution is -0.131. The highest BCUT2D eigenvalue weighted by atomic mass is 32.1. The molecule has 5 nitrogen and oxygen atoms in total. The molecule has 110 valence electrons. The van der Waals surface area contributed by atoms with Crippen molar-refractivity contribution in [2.75, 3.05) is 13.6 Å². The second-order valence-corrected chi connectivity index (χ2v) is 5.78. The van der Waals surface area contributed by atoms with Crippen molar-refractivity contribution in [2.45, 2.75) is 26.4 Å². The van der Waals surface area contributed by atoms with Gasteiger partial charge in [0.15, 0.2) is 0 Å². The van der Waals surface area contributed by atoms with E-state index in [-0.39, 0.29) is 5.91 Å². The summed E-state index contributed by atoms with van der Waals surface area (Å²) < 4.78 is 0. The quantitative estimate of drug-likeness (QED) is 0.787. The molecule has 0 aliphatic rings. The fourth-order valence-electron chi connectivity index (χ4n) is 1.58. The van der Waals surface area contributed by atoms with Gasteiger partial charge in [-0.2, -0.15) is 0 Å². The number of hydrogen-bond acceptors (Lipinski definition) is 4. The normalized spacial score (nSPS) is 12.6. The third-order valence-corrected chi connectivity index (χ3v) is 3.96. The lowest BCUT2D eigenvalue weighted by atomic mass is 10.2. The van der Waals surface area contributed by atoms with Gasteiger partial charge in [0.2, 0.25) is 0 Å². The van der Waals surface area contributed by atoms with Crippen molar-refractivity contribution < 1.29 is 19.8 Å². The topological polar surface area (TPSA) is 77.8 Å². The number of rotatable bonds is 6. The monoisotopic (exact) mass is 297 g/mol. The molecule has 6 heteroatoms. The third kappa shape index (κ3) is 4.79. The molecule has 1 aromatic heterocycles. The van der Waals surface area contributed by atoms with Crippen LogP contribution in [0.15, 0.2) is 12.1 Å². The molecule has 1 atom stereocenters. The number of carbonyl (C=O) groups excluding carboxylic acids is 1. The number of carboxylic acid groups (broad SMARTS) is 1. The number of nitrogens with zero attached hydrogens (tertiary/aromatic N) is 1. The van der Waals surface area contributed by atoms with E-state index in [1.165, 1.54) is 17.4 Å². The number of aliphatic hydroxyl groups excluding tert-OH is 1. The molecular formula is C14H19NO4S. The van der Waals surface area contributed by atoms with Gasteiger partial charge in [0, 0.05) is 24.5 Å². The molecule has 1 amide bonds. The van der Waals surface area contributed by atoms with Gasteiger partial charge in [0.05, 0.1) is 11.0 Å². The van der Waals surface area contributed by atoms with Crippen molar-refractivity contribution in [3.8, 4) is 0 Å². The first-order chi connectivity index (χ1) is 9.31. The predicted molar refractivity (Wildman–Crippen MR) is 79.0 cm³/mol. The first-order valence-corrected chi connectivity index (χ1v) is 7.08. The summed E-state index contributed by atoms with van der Waals surface area (Å²) in [4.78, 5) is 25.6. The Morgan fingerprint density at radius 2 is 2.15 bits per heavy atom. The first-order valence-electron chi connectivity index (χ1n) is 6.26. The second kappa shape index (κ2) is 7.21. The lowest BCUT2D eigenvalue weighted by Gasteiger charge is -2.16. The SMILES string of the molecule is Cc1cc(C(=O)N(C)CCC(C)O)sc1/C=C/C(=O)O. The van der Waals surface area contributed by atoms with Crippen LogP contribution in [-0.4, -0.2) is 46.7 Å². The van der Waals surface area contributed by atoms with Crippen molar-refractivity contribution in [1.29, 1.82) is 0 Å². The van der Waals surface area contributed by atoms with Gasteiger partial charge in [0.25, 0.3) is 5.91 Å². The van der Waals surface area contributed by atoms with Gasteiger partial charge in [-0.15, -0.1) is 11.3 Å². The van der Waals surface area contributed by atoms with Crippen LogP contribution in [0.5, 0.6) is 0 Å². The molecule has 0 saturated carbocycles. The fourth-order valence-corrected chi connectivity index (χ4v) is 2.66. The Labute approximate surface area is 122 Å². The molecule has 0 saturated heterocycles. The third-order valence-electron chi connectivity index (χ3n) is 2.77. The van der Waals surface area contributed by atoms with Gasteiger partial charge >= 0.3 is 5.97 Å². The van der Waals surface area contributed by atoms with Crippen molar-refractivity contribution in [3.05, 3.63) is 27.5 Å². The molecule has 20 heavy (non-hydrogen) atoms. The van der Waals surface area contributed by atoms with Crippen LogP contribution in [0.1, 0.15) is 33.5 Å². The van der Waals surface area contributed by atoms with Gasteiger partial charge in [-0.25, -0.2) is 4.79 Å². The van der Waals surface area contributed by atoms with E-state index < -0.39 is 12.1 Å². The smallest absolute Gasteiger partial charge is 0.328 e. The number of hydrogen-bond donors (Lipinski definition) is 2. The molecule has 0 aromatic carbocycles. The minimum absolute atomic E-state index is 0.117. The summed E-state index contributed by atoms with van der Waals surface area (Å²) in [6, 6.07) is 1.76. The zero-order valence-electron chi connectivity index (χ0n) is 11.8. The van der Waals surface area contributed by atoms with Crippen LogP contribution in [0.4, 0.5) is 0 Å². The largest absolute Gasteiger partial charge is 0.478 e. The lowest BCUT2D eigenvalue weighted by Crippen LogP contribution is -2.28. The molecule has 2 N–H and O–H groups in total. The Morgan fingerprint density at radius 3 is 2.70 bits per heavy atom. The molecular weight excluding hydrogens is 278 g/mol. The van der Waals surface area contributed by atoms with Gasteiger partial charge in [0.1, 0.15) is 0 Å². The number of thiophene rings is 1. The number of aliphatic hydroxyl groups is 1. The van der Waals surface area contributed by atoms with Crippen LogP contribution in [0.3, 0.4) is 0 Å². The van der Waals surface area contributed by atoms with E-state index in [9.17, 15) is 14.7 Å². The Hall–Kier alpha value is -1.66. The summed E-state index contributed by atoms with van der Waals surface area (Å²) in [5.74, 6) is -1.13. The molecule has 1 unspecified atom stereocenters. The van der Waals surface area contributed by atoms with Crippen LogP contribution in [-0.2, 0) is 4.79 Å². The maximum absolute atomic E-state index is 12.2. The van der Waals surface area contributed by atoms with Crippen LogP contribution in [0, 0.1) is 6.92 Å². The molecule has 0 bridgehead atoms. The maximum Gasteiger partial charge on any atom is 0.328 e. The molecule has 1 rings (SSSR count). The summed E-state index contributed by atoms with van der Waals surface area (Å²) in [7, 11) is 1.69. The Kier molecular flexibility index (Phi) is 5.91. The number of carbonyl (C=O) groups is 2. The Bertz CT molecular complexity index is 519.